The van der Waals surface area contributed by atoms with Crippen molar-refractivity contribution in [2.75, 3.05) is 89.1 Å². The van der Waals surface area contributed by atoms with Gasteiger partial charge in [-0.3, -0.25) is 0 Å². The van der Waals surface area contributed by atoms with Gasteiger partial charge in [0.15, 0.2) is 6.54 Å². The number of anilines is 6. The summed E-state index contributed by atoms with van der Waals surface area (Å²) >= 11 is 0. The number of benzene rings is 13. The number of rotatable bonds is 54. The van der Waals surface area contributed by atoms with Crippen molar-refractivity contribution in [2.24, 2.45) is 10.8 Å². The minimum Gasteiger partial charge on any atom is -0.493 e. The zero-order valence-corrected chi connectivity index (χ0v) is 82.3. The van der Waals surface area contributed by atoms with Crippen LogP contribution in [0, 0.1) is 10.8 Å². The molecule has 144 heavy (non-hydrogen) atoms. The quantitative estimate of drug-likeness (QED) is 0.0148. The van der Waals surface area contributed by atoms with E-state index < -0.39 is 46.6 Å². The molecule has 0 saturated carbocycles. The Morgan fingerprint density at radius 1 is 0.285 bits per heavy atom. The van der Waals surface area contributed by atoms with Gasteiger partial charge < -0.3 is 66.6 Å². The Hall–Kier alpha value is -16.1. The number of carbonyl (C=O) groups excluding carboxylic acids is 6. The van der Waals surface area contributed by atoms with Crippen LogP contribution >= 0.6 is 0 Å². The van der Waals surface area contributed by atoms with E-state index in [0.717, 1.165) is 72.6 Å². The summed E-state index contributed by atoms with van der Waals surface area (Å²) in [6.45, 7) is 11.8. The SMILES string of the molecule is CCCCOC(=O)c1cccc(OCC(COc2cccc(C(=O)OCCCC)c2)(COc2cccc(C(=O)OCCCC)c2)Cn2nc3c(-c4ccc(N(c5ccccc5)c5ccccc5)cc4)c4n[n+](CC(COc5cccc(C(=O)OCCCC)c5)(COc5cccc(C(=O)OCCCC)c5)COc5cccc(C(=O)OCCCC)c5)[n-]c4c(-c4ccc(N(c5ccccc5)c5ccccc5)cc4)c3n2)c1. The van der Waals surface area contributed by atoms with Gasteiger partial charge in [-0.2, -0.15) is 30.0 Å². The minimum absolute atomic E-state index is 0.163. The Morgan fingerprint density at radius 2 is 0.528 bits per heavy atom. The number of nitrogens with zero attached hydrogens (tertiary/aromatic N) is 8. The van der Waals surface area contributed by atoms with Crippen LogP contribution in [0.25, 0.3) is 44.3 Å². The molecule has 0 aliphatic rings. The van der Waals surface area contributed by atoms with Gasteiger partial charge in [0.05, 0.1) is 85.0 Å². The van der Waals surface area contributed by atoms with Crippen molar-refractivity contribution in [3.8, 4) is 56.8 Å². The molecule has 2 aromatic heterocycles. The number of para-hydroxylation sites is 4. The van der Waals surface area contributed by atoms with Crippen molar-refractivity contribution in [1.82, 2.24) is 25.2 Å². The largest absolute Gasteiger partial charge is 0.493 e. The van der Waals surface area contributed by atoms with Crippen molar-refractivity contribution in [2.45, 2.75) is 132 Å². The molecule has 0 spiro atoms. The van der Waals surface area contributed by atoms with E-state index in [2.05, 4.69) is 58.3 Å². The normalized spacial score (nSPS) is 11.3. The average Bonchev–Trinajstić information content (AvgIpc) is 1.56. The van der Waals surface area contributed by atoms with Crippen molar-refractivity contribution >= 4 is 92.0 Å². The molecule has 15 rings (SSSR count). The first-order valence-corrected chi connectivity index (χ1v) is 49.6. The molecule has 0 aliphatic heterocycles. The topological polar surface area (TPSA) is 281 Å². The Labute approximate surface area is 840 Å². The summed E-state index contributed by atoms with van der Waals surface area (Å²) in [6, 6.07) is 97.2. The summed E-state index contributed by atoms with van der Waals surface area (Å²) in [7, 11) is 0. The van der Waals surface area contributed by atoms with Gasteiger partial charge >= 0.3 is 35.8 Å². The van der Waals surface area contributed by atoms with Crippen LogP contribution in [0.15, 0.2) is 315 Å². The van der Waals surface area contributed by atoms with E-state index in [-0.39, 0.29) is 126 Å². The number of ether oxygens (including phenoxy) is 12. The highest BCUT2D eigenvalue weighted by Gasteiger charge is 2.42. The number of esters is 6. The van der Waals surface area contributed by atoms with E-state index in [1.54, 1.807) is 155 Å². The molecule has 0 saturated heterocycles. The summed E-state index contributed by atoms with van der Waals surface area (Å²) in [6.07, 6.45) is 8.90. The lowest BCUT2D eigenvalue weighted by Gasteiger charge is -2.33. The van der Waals surface area contributed by atoms with Crippen molar-refractivity contribution in [1.29, 1.82) is 0 Å². The van der Waals surface area contributed by atoms with Crippen molar-refractivity contribution < 1.29 is 90.4 Å². The van der Waals surface area contributed by atoms with E-state index in [1.165, 1.54) is 0 Å². The predicted molar refractivity (Wildman–Crippen MR) is 554 cm³/mol. The number of unbranched alkanes of at least 4 members (excludes halogenated alkanes) is 6. The second-order valence-corrected chi connectivity index (χ2v) is 35.5. The van der Waals surface area contributed by atoms with E-state index in [0.29, 0.717) is 117 Å². The predicted octanol–water partition coefficient (Wildman–Crippen LogP) is 24.7. The molecule has 2 heterocycles. The van der Waals surface area contributed by atoms with Crippen LogP contribution in [0.5, 0.6) is 34.5 Å². The lowest BCUT2D eigenvalue weighted by molar-refractivity contribution is -0.814. The number of hydrogen-bond acceptors (Lipinski definition) is 23. The van der Waals surface area contributed by atoms with Crippen LogP contribution in [0.1, 0.15) is 181 Å². The molecule has 15 aromatic rings. The zero-order valence-electron chi connectivity index (χ0n) is 82.3. The number of hydrogen-bond donors (Lipinski definition) is 0. The van der Waals surface area contributed by atoms with Gasteiger partial charge in [0.2, 0.25) is 0 Å². The Bertz CT molecular complexity index is 5870. The lowest BCUT2D eigenvalue weighted by atomic mass is 9.90. The molecule has 0 unspecified atom stereocenters. The van der Waals surface area contributed by atoms with E-state index in [1.807, 2.05) is 163 Å². The van der Waals surface area contributed by atoms with Crippen molar-refractivity contribution in [3.63, 3.8) is 0 Å². The third kappa shape index (κ3) is 27.4. The Balaban J connectivity index is 0.973. The smallest absolute Gasteiger partial charge is 0.338 e. The summed E-state index contributed by atoms with van der Waals surface area (Å²) in [5, 5.41) is 23.1. The first-order chi connectivity index (χ1) is 70.5. The molecule has 26 heteroatoms. The molecule has 742 valence electrons. The maximum atomic E-state index is 13.9. The van der Waals surface area contributed by atoms with Crippen LogP contribution in [-0.2, 0) is 41.5 Å². The third-order valence-electron chi connectivity index (χ3n) is 24.2. The molecule has 13 aromatic carbocycles. The number of fused-ring (bicyclic) bond motifs is 2. The minimum atomic E-state index is -1.43. The second-order valence-electron chi connectivity index (χ2n) is 35.5. The first-order valence-electron chi connectivity index (χ1n) is 49.6. The molecule has 0 aliphatic carbocycles. The monoisotopic (exact) mass is 1940 g/mol. The fourth-order valence-electron chi connectivity index (χ4n) is 16.2. The first kappa shape index (κ1) is 102. The van der Waals surface area contributed by atoms with E-state index in [9.17, 15) is 28.8 Å². The Morgan fingerprint density at radius 3 is 0.792 bits per heavy atom. The van der Waals surface area contributed by atoms with Crippen LogP contribution in [-0.4, -0.2) is 135 Å². The van der Waals surface area contributed by atoms with Crippen molar-refractivity contribution in [3.05, 3.63) is 349 Å². The molecule has 0 bridgehead atoms. The summed E-state index contributed by atoms with van der Waals surface area (Å²) in [4.78, 5) is 90.8. The maximum Gasteiger partial charge on any atom is 0.338 e. The van der Waals surface area contributed by atoms with Gasteiger partial charge in [-0.25, -0.2) is 28.8 Å². The summed E-state index contributed by atoms with van der Waals surface area (Å²) < 4.78 is 76.8. The van der Waals surface area contributed by atoms with Gasteiger partial charge in [-0.1, -0.05) is 214 Å². The molecule has 26 nitrogen and oxygen atoms in total. The highest BCUT2D eigenvalue weighted by molar-refractivity contribution is 6.16. The van der Waals surface area contributed by atoms with Crippen LogP contribution in [0.3, 0.4) is 0 Å². The fourth-order valence-corrected chi connectivity index (χ4v) is 16.2. The standard InChI is InChI=1S/C118H122N8O18/c1-7-13-65-133-111(127)87-37-31-51-99(71-87)139-79-117(80-140-100-52-32-38-88(72-100)112(128)134-66-14-8-2,81-141-101-53-33-39-89(73-101)113(129)135-67-15-9-3)77-123-119-107-105(85-57-61-97(62-58-85)125(93-43-23-19-24-44-93)94-45-25-20-26-46-94)109-110(106(108(107)120-123)86-59-63-98(64-60-86)126(95-47-27-21-28-48-95)96-49-29-22-30-50-96)122-124(121-109)78-118(82-142-102-54-34-40-90(74-102)114(130)136-68-16-10-4,83-143-103-55-35-41-91(75-103)115(131)137-69-17-11-5)84-144-104-56-36-42-92(76-104)116(132)138-70-18-12-6/h19-64,71-76H,7-18,65-70,77-84H2,1-6H3. The third-order valence-corrected chi connectivity index (χ3v) is 24.2. The zero-order chi connectivity index (χ0) is 100. The molecule has 0 amide bonds. The molecule has 0 radical (unpaired) electrons. The van der Waals surface area contributed by atoms with Gasteiger partial charge in [0, 0.05) is 56.3 Å². The van der Waals surface area contributed by atoms with E-state index >= 15 is 0 Å². The average molecular weight is 1940 g/mol. The van der Waals surface area contributed by atoms with E-state index in [4.69, 9.17) is 77.2 Å². The summed E-state index contributed by atoms with van der Waals surface area (Å²) in [5.41, 5.74) is 7.68. The molecular formula is C118H122N8O18. The second kappa shape index (κ2) is 51.3. The highest BCUT2D eigenvalue weighted by Crippen LogP contribution is 2.45. The van der Waals surface area contributed by atoms with Gasteiger partial charge in [-0.15, -0.1) is 0 Å². The number of aromatic nitrogens is 6. The maximum absolute atomic E-state index is 13.9. The van der Waals surface area contributed by atoms with Crippen LogP contribution in [0.2, 0.25) is 0 Å². The molecule has 0 fully saturated rings. The highest BCUT2D eigenvalue weighted by atomic mass is 16.6. The lowest BCUT2D eigenvalue weighted by Crippen LogP contribution is -2.55. The van der Waals surface area contributed by atoms with Gasteiger partial charge in [0.1, 0.15) is 90.6 Å². The molecule has 0 atom stereocenters. The molecular weight excluding hydrogens is 1820 g/mol. The molecule has 0 N–H and O–H groups in total. The Kier molecular flexibility index (Phi) is 36.5. The number of carbonyl (C=O) groups is 6. The fraction of sp³-hybridized carbons (Fsp3) is 0.288. The van der Waals surface area contributed by atoms with Crippen LogP contribution in [0.4, 0.5) is 34.1 Å². The van der Waals surface area contributed by atoms with Gasteiger partial charge in [-0.05, 0) is 232 Å². The van der Waals surface area contributed by atoms with Crippen LogP contribution < -0.4 is 48.1 Å². The van der Waals surface area contributed by atoms with Gasteiger partial charge in [0.25, 0.3) is 0 Å². The summed E-state index contributed by atoms with van der Waals surface area (Å²) in [5.74, 6) is -1.35.